The quantitative estimate of drug-likeness (QED) is 0.217. The molecule has 0 heterocycles. The second-order valence-corrected chi connectivity index (χ2v) is 12.6. The lowest BCUT2D eigenvalue weighted by Gasteiger charge is -2.29. The molecule has 5 nitrogen and oxygen atoms in total. The van der Waals surface area contributed by atoms with Crippen LogP contribution in [0.4, 0.5) is 0 Å². The van der Waals surface area contributed by atoms with Gasteiger partial charge in [0.2, 0.25) is 0 Å². The van der Waals surface area contributed by atoms with E-state index in [9.17, 15) is 9.59 Å². The molecule has 1 aromatic rings. The standard InChI is InChI=1S/C33H52O5/c1-4-27-14-16-29(17-15-27)19-21-32(35)38-25-33(3,23-36-22-30-8-6-5-7-9-30)24-37-31(34)20-18-28-12-10-26(2)11-13-28/h5-9,26-29H,4,10-25H2,1-3H3. The van der Waals surface area contributed by atoms with Gasteiger partial charge in [-0.25, -0.2) is 0 Å². The fourth-order valence-electron chi connectivity index (χ4n) is 5.96. The van der Waals surface area contributed by atoms with Crippen LogP contribution in [-0.2, 0) is 30.4 Å². The number of benzene rings is 1. The van der Waals surface area contributed by atoms with Crippen molar-refractivity contribution in [2.75, 3.05) is 19.8 Å². The van der Waals surface area contributed by atoms with Crippen molar-refractivity contribution >= 4 is 11.9 Å². The fourth-order valence-corrected chi connectivity index (χ4v) is 5.96. The summed E-state index contributed by atoms with van der Waals surface area (Å²) in [5.74, 6) is 2.63. The Labute approximate surface area is 231 Å². The molecule has 0 aliphatic heterocycles. The Morgan fingerprint density at radius 3 is 1.79 bits per heavy atom. The SMILES string of the molecule is CCC1CCC(CCC(=O)OCC(C)(COCc2ccccc2)COC(=O)CCC2CCC(C)CC2)CC1. The largest absolute Gasteiger partial charge is 0.465 e. The molecule has 38 heavy (non-hydrogen) atoms. The van der Waals surface area contributed by atoms with Crippen molar-refractivity contribution in [1.82, 2.24) is 0 Å². The van der Waals surface area contributed by atoms with Gasteiger partial charge in [0.25, 0.3) is 0 Å². The van der Waals surface area contributed by atoms with Crippen LogP contribution in [0.3, 0.4) is 0 Å². The minimum atomic E-state index is -0.584. The predicted octanol–water partition coefficient (Wildman–Crippen LogP) is 7.90. The number of hydrogen-bond acceptors (Lipinski definition) is 5. The van der Waals surface area contributed by atoms with Crippen LogP contribution in [0.1, 0.15) is 110 Å². The molecule has 0 saturated heterocycles. The van der Waals surface area contributed by atoms with E-state index in [0.717, 1.165) is 30.2 Å². The van der Waals surface area contributed by atoms with E-state index in [1.807, 2.05) is 37.3 Å². The van der Waals surface area contributed by atoms with Crippen LogP contribution in [-0.4, -0.2) is 31.8 Å². The number of carbonyl (C=O) groups is 2. The molecule has 1 unspecified atom stereocenters. The van der Waals surface area contributed by atoms with Crippen molar-refractivity contribution in [3.63, 3.8) is 0 Å². The van der Waals surface area contributed by atoms with Gasteiger partial charge in [0.1, 0.15) is 13.2 Å². The lowest BCUT2D eigenvalue weighted by molar-refractivity contribution is -0.157. The predicted molar refractivity (Wildman–Crippen MR) is 151 cm³/mol. The molecule has 1 aromatic carbocycles. The smallest absolute Gasteiger partial charge is 0.305 e. The molecule has 2 fully saturated rings. The number of carbonyl (C=O) groups excluding carboxylic acids is 2. The summed E-state index contributed by atoms with van der Waals surface area (Å²) >= 11 is 0. The minimum Gasteiger partial charge on any atom is -0.465 e. The molecule has 0 N–H and O–H groups in total. The molecule has 0 aromatic heterocycles. The first-order chi connectivity index (χ1) is 18.3. The Morgan fingerprint density at radius 1 is 0.763 bits per heavy atom. The van der Waals surface area contributed by atoms with E-state index in [1.54, 1.807) is 0 Å². The van der Waals surface area contributed by atoms with Crippen molar-refractivity contribution < 1.29 is 23.8 Å². The van der Waals surface area contributed by atoms with Gasteiger partial charge in [-0.3, -0.25) is 9.59 Å². The van der Waals surface area contributed by atoms with E-state index in [-0.39, 0.29) is 25.2 Å². The summed E-state index contributed by atoms with van der Waals surface area (Å²) in [6.07, 6.45) is 14.0. The highest BCUT2D eigenvalue weighted by Gasteiger charge is 2.30. The molecule has 1 atom stereocenters. The van der Waals surface area contributed by atoms with Crippen LogP contribution in [0.2, 0.25) is 0 Å². The van der Waals surface area contributed by atoms with E-state index in [0.29, 0.717) is 37.9 Å². The molecule has 214 valence electrons. The zero-order valence-electron chi connectivity index (χ0n) is 24.3. The molecule has 2 aliphatic carbocycles. The molecular weight excluding hydrogens is 476 g/mol. The Balaban J connectivity index is 1.43. The summed E-state index contributed by atoms with van der Waals surface area (Å²) < 4.78 is 17.5. The second kappa shape index (κ2) is 16.3. The molecule has 3 rings (SSSR count). The lowest BCUT2D eigenvalue weighted by Crippen LogP contribution is -2.36. The van der Waals surface area contributed by atoms with Crippen LogP contribution >= 0.6 is 0 Å². The second-order valence-electron chi connectivity index (χ2n) is 12.6. The third-order valence-corrected chi connectivity index (χ3v) is 8.92. The van der Waals surface area contributed by atoms with E-state index in [2.05, 4.69) is 13.8 Å². The van der Waals surface area contributed by atoms with Crippen molar-refractivity contribution in [2.24, 2.45) is 29.1 Å². The normalized spacial score (nSPS) is 25.3. The maximum atomic E-state index is 12.6. The molecule has 0 amide bonds. The minimum absolute atomic E-state index is 0.158. The van der Waals surface area contributed by atoms with Gasteiger partial charge in [0.05, 0.1) is 18.6 Å². The molecule has 5 heteroatoms. The molecule has 0 spiro atoms. The zero-order chi connectivity index (χ0) is 27.2. The van der Waals surface area contributed by atoms with Gasteiger partial charge in [0, 0.05) is 12.8 Å². The third-order valence-electron chi connectivity index (χ3n) is 8.92. The van der Waals surface area contributed by atoms with Crippen LogP contribution < -0.4 is 0 Å². The first kappa shape index (κ1) is 30.7. The van der Waals surface area contributed by atoms with Crippen LogP contribution in [0.5, 0.6) is 0 Å². The number of hydrogen-bond donors (Lipinski definition) is 0. The van der Waals surface area contributed by atoms with Crippen LogP contribution in [0.25, 0.3) is 0 Å². The summed E-state index contributed by atoms with van der Waals surface area (Å²) in [5, 5.41) is 0. The van der Waals surface area contributed by atoms with E-state index >= 15 is 0 Å². The van der Waals surface area contributed by atoms with Gasteiger partial charge in [-0.15, -0.1) is 0 Å². The summed E-state index contributed by atoms with van der Waals surface area (Å²) in [5.41, 5.74) is 0.503. The molecule has 2 saturated carbocycles. The van der Waals surface area contributed by atoms with Crippen molar-refractivity contribution in [3.8, 4) is 0 Å². The highest BCUT2D eigenvalue weighted by Crippen LogP contribution is 2.33. The van der Waals surface area contributed by atoms with E-state index < -0.39 is 5.41 Å². The van der Waals surface area contributed by atoms with Crippen molar-refractivity contribution in [3.05, 3.63) is 35.9 Å². The third kappa shape index (κ3) is 11.5. The number of rotatable bonds is 15. The summed E-state index contributed by atoms with van der Waals surface area (Å²) in [7, 11) is 0. The van der Waals surface area contributed by atoms with Gasteiger partial charge in [-0.2, -0.15) is 0 Å². The summed E-state index contributed by atoms with van der Waals surface area (Å²) in [6.45, 7) is 7.77. The summed E-state index contributed by atoms with van der Waals surface area (Å²) in [4.78, 5) is 25.2. The van der Waals surface area contributed by atoms with E-state index in [1.165, 1.54) is 57.8 Å². The van der Waals surface area contributed by atoms with Gasteiger partial charge >= 0.3 is 11.9 Å². The van der Waals surface area contributed by atoms with Crippen molar-refractivity contribution in [1.29, 1.82) is 0 Å². The average molecular weight is 529 g/mol. The topological polar surface area (TPSA) is 61.8 Å². The average Bonchev–Trinajstić information content (AvgIpc) is 2.94. The Morgan fingerprint density at radius 2 is 1.26 bits per heavy atom. The maximum absolute atomic E-state index is 12.6. The monoisotopic (exact) mass is 528 g/mol. The Bertz CT molecular complexity index is 808. The molecular formula is C33H52O5. The molecule has 2 aliphatic rings. The highest BCUT2D eigenvalue weighted by molar-refractivity contribution is 5.70. The Hall–Kier alpha value is -1.88. The van der Waals surface area contributed by atoms with Gasteiger partial charge in [-0.05, 0) is 42.1 Å². The van der Waals surface area contributed by atoms with E-state index in [4.69, 9.17) is 14.2 Å². The van der Waals surface area contributed by atoms with Gasteiger partial charge in [-0.1, -0.05) is 109 Å². The van der Waals surface area contributed by atoms with Gasteiger partial charge in [0.15, 0.2) is 0 Å². The maximum Gasteiger partial charge on any atom is 0.305 e. The fraction of sp³-hybridized carbons (Fsp3) is 0.758. The van der Waals surface area contributed by atoms with Crippen LogP contribution in [0.15, 0.2) is 30.3 Å². The van der Waals surface area contributed by atoms with Crippen LogP contribution in [0, 0.1) is 29.1 Å². The zero-order valence-corrected chi connectivity index (χ0v) is 24.3. The summed E-state index contributed by atoms with van der Waals surface area (Å²) in [6, 6.07) is 10.0. The molecule has 0 bridgehead atoms. The first-order valence-electron chi connectivity index (χ1n) is 15.3. The lowest BCUT2D eigenvalue weighted by atomic mass is 9.79. The number of ether oxygens (including phenoxy) is 3. The van der Waals surface area contributed by atoms with Crippen molar-refractivity contribution in [2.45, 2.75) is 111 Å². The Kier molecular flexibility index (Phi) is 13.1. The number of esters is 2. The first-order valence-corrected chi connectivity index (χ1v) is 15.3. The highest BCUT2D eigenvalue weighted by atomic mass is 16.6. The van der Waals surface area contributed by atoms with Gasteiger partial charge < -0.3 is 14.2 Å². The molecule has 0 radical (unpaired) electrons.